The molecule has 3 fully saturated rings. The number of aliphatic hydroxyl groups excluding tert-OH is 1. The summed E-state index contributed by atoms with van der Waals surface area (Å²) >= 11 is 0. The number of nitrogens with one attached hydrogen (secondary N) is 1. The number of aliphatic hydroxyl groups is 1. The Morgan fingerprint density at radius 2 is 1.55 bits per heavy atom. The van der Waals surface area contributed by atoms with Crippen molar-refractivity contribution in [2.45, 2.75) is 176 Å². The molecule has 4 heteroatoms. The summed E-state index contributed by atoms with van der Waals surface area (Å²) < 4.78 is 5.99. The molecule has 4 rings (SSSR count). The maximum absolute atomic E-state index is 12.6. The van der Waals surface area contributed by atoms with E-state index in [1.807, 2.05) is 0 Å². The van der Waals surface area contributed by atoms with E-state index in [1.165, 1.54) is 103 Å². The maximum atomic E-state index is 12.6. The molecule has 0 spiro atoms. The molecular formula is C40H71NO3. The Labute approximate surface area is 272 Å². The monoisotopic (exact) mass is 614 g/mol. The van der Waals surface area contributed by atoms with E-state index in [2.05, 4.69) is 46.0 Å². The van der Waals surface area contributed by atoms with Crippen LogP contribution < -0.4 is 5.32 Å². The minimum Gasteiger partial charge on any atom is -0.446 e. The van der Waals surface area contributed by atoms with E-state index in [0.717, 1.165) is 74.2 Å². The maximum Gasteiger partial charge on any atom is 0.407 e. The highest BCUT2D eigenvalue weighted by atomic mass is 16.6. The number of hydrogen-bond acceptors (Lipinski definition) is 3. The van der Waals surface area contributed by atoms with Crippen LogP contribution in [0.15, 0.2) is 11.6 Å². The standard InChI is InChI=1S/C40H71NO3/c1-30(2)17-16-18-31(3)35-21-22-36-34-20-19-32-29-33(23-25-39(32,4)37(34)24-26-40(35,36)5)44-38(43)41-27-14-12-10-8-6-7-9-11-13-15-28-42/h19,30-31,33-37,42H,6-18,20-29H2,1-5H3,(H,41,43)/t31-,33+,34+,35-,36+,37+,39+,40-/m1/s1. The summed E-state index contributed by atoms with van der Waals surface area (Å²) in [5, 5.41) is 11.9. The number of carbonyl (C=O) groups excluding carboxylic acids is 1. The molecule has 0 saturated heterocycles. The van der Waals surface area contributed by atoms with E-state index < -0.39 is 0 Å². The van der Waals surface area contributed by atoms with Crippen molar-refractivity contribution >= 4 is 6.09 Å². The molecule has 2 N–H and O–H groups in total. The molecule has 4 nitrogen and oxygen atoms in total. The SMILES string of the molecule is CC(C)CCC[C@@H](C)[C@H]1CC[C@H]2[C@@H]3CC=C4C[C@@H](OC(=O)NCCCCCCCCCCCCO)CC[C@]4(C)[C@H]3CC[C@]12C. The highest BCUT2D eigenvalue weighted by molar-refractivity contribution is 5.67. The number of hydrogen-bond donors (Lipinski definition) is 2. The summed E-state index contributed by atoms with van der Waals surface area (Å²) in [6.45, 7) is 13.7. The molecule has 3 saturated carbocycles. The van der Waals surface area contributed by atoms with E-state index in [-0.39, 0.29) is 12.2 Å². The van der Waals surface area contributed by atoms with E-state index in [9.17, 15) is 4.79 Å². The van der Waals surface area contributed by atoms with Crippen molar-refractivity contribution in [1.82, 2.24) is 5.32 Å². The van der Waals surface area contributed by atoms with Crippen LogP contribution in [0, 0.1) is 46.3 Å². The van der Waals surface area contributed by atoms with Crippen LogP contribution in [0.25, 0.3) is 0 Å². The molecule has 0 aromatic carbocycles. The molecule has 0 heterocycles. The van der Waals surface area contributed by atoms with Gasteiger partial charge in [0.25, 0.3) is 0 Å². The van der Waals surface area contributed by atoms with Crippen molar-refractivity contribution in [3.05, 3.63) is 11.6 Å². The Morgan fingerprint density at radius 3 is 2.23 bits per heavy atom. The molecule has 8 atom stereocenters. The summed E-state index contributed by atoms with van der Waals surface area (Å²) in [4.78, 5) is 12.6. The van der Waals surface area contributed by atoms with Crippen LogP contribution >= 0.6 is 0 Å². The predicted octanol–water partition coefficient (Wildman–Crippen LogP) is 11.0. The van der Waals surface area contributed by atoms with Gasteiger partial charge in [-0.3, -0.25) is 0 Å². The average molecular weight is 614 g/mol. The molecule has 0 aromatic rings. The number of unbranched alkanes of at least 4 members (excludes halogenated alkanes) is 9. The lowest BCUT2D eigenvalue weighted by Crippen LogP contribution is -2.51. The van der Waals surface area contributed by atoms with Gasteiger partial charge in [-0.05, 0) is 104 Å². The van der Waals surface area contributed by atoms with Gasteiger partial charge in [0.1, 0.15) is 6.10 Å². The van der Waals surface area contributed by atoms with Crippen molar-refractivity contribution in [3.63, 3.8) is 0 Å². The van der Waals surface area contributed by atoms with Crippen LogP contribution in [0.1, 0.15) is 169 Å². The van der Waals surface area contributed by atoms with Gasteiger partial charge >= 0.3 is 6.09 Å². The van der Waals surface area contributed by atoms with Crippen molar-refractivity contribution in [2.75, 3.05) is 13.2 Å². The van der Waals surface area contributed by atoms with Gasteiger partial charge in [-0.2, -0.15) is 0 Å². The Morgan fingerprint density at radius 1 is 0.864 bits per heavy atom. The fourth-order valence-corrected chi connectivity index (χ4v) is 10.8. The fourth-order valence-electron chi connectivity index (χ4n) is 10.8. The van der Waals surface area contributed by atoms with Gasteiger partial charge < -0.3 is 15.2 Å². The second kappa shape index (κ2) is 17.2. The number of carbonyl (C=O) groups is 1. The molecule has 0 aromatic heterocycles. The molecule has 4 aliphatic rings. The lowest BCUT2D eigenvalue weighted by molar-refractivity contribution is -0.0581. The molecular weight excluding hydrogens is 542 g/mol. The largest absolute Gasteiger partial charge is 0.446 e. The van der Waals surface area contributed by atoms with Crippen LogP contribution in [0.4, 0.5) is 4.79 Å². The second-order valence-electron chi connectivity index (χ2n) is 16.7. The zero-order valence-electron chi connectivity index (χ0n) is 29.6. The van der Waals surface area contributed by atoms with Gasteiger partial charge in [0, 0.05) is 19.6 Å². The summed E-state index contributed by atoms with van der Waals surface area (Å²) in [5.41, 5.74) is 2.46. The summed E-state index contributed by atoms with van der Waals surface area (Å²) in [6.07, 6.45) is 28.9. The zero-order chi connectivity index (χ0) is 31.6. The molecule has 254 valence electrons. The van der Waals surface area contributed by atoms with Crippen LogP contribution in [0.2, 0.25) is 0 Å². The number of fused-ring (bicyclic) bond motifs is 5. The third-order valence-corrected chi connectivity index (χ3v) is 13.4. The van der Waals surface area contributed by atoms with Crippen molar-refractivity contribution < 1.29 is 14.6 Å². The second-order valence-corrected chi connectivity index (χ2v) is 16.7. The van der Waals surface area contributed by atoms with Gasteiger partial charge in [-0.25, -0.2) is 4.79 Å². The van der Waals surface area contributed by atoms with Crippen molar-refractivity contribution in [3.8, 4) is 0 Å². The first kappa shape index (κ1) is 35.8. The number of allylic oxidation sites excluding steroid dienone is 1. The van der Waals surface area contributed by atoms with Gasteiger partial charge in [0.05, 0.1) is 0 Å². The summed E-state index contributed by atoms with van der Waals surface area (Å²) in [5.74, 6) is 5.19. The quantitative estimate of drug-likeness (QED) is 0.119. The van der Waals surface area contributed by atoms with E-state index in [1.54, 1.807) is 5.57 Å². The molecule has 0 bridgehead atoms. The van der Waals surface area contributed by atoms with Gasteiger partial charge in [0.15, 0.2) is 0 Å². The fraction of sp³-hybridized carbons (Fsp3) is 0.925. The Balaban J connectivity index is 1.17. The van der Waals surface area contributed by atoms with E-state index in [4.69, 9.17) is 9.84 Å². The Hall–Kier alpha value is -1.03. The summed E-state index contributed by atoms with van der Waals surface area (Å²) in [6, 6.07) is 0. The van der Waals surface area contributed by atoms with Crippen LogP contribution in [0.5, 0.6) is 0 Å². The smallest absolute Gasteiger partial charge is 0.407 e. The normalized spacial score (nSPS) is 33.7. The molecule has 0 aliphatic heterocycles. The minimum atomic E-state index is -0.205. The highest BCUT2D eigenvalue weighted by Gasteiger charge is 2.59. The Kier molecular flexibility index (Phi) is 14.0. The number of rotatable bonds is 18. The van der Waals surface area contributed by atoms with E-state index >= 15 is 0 Å². The lowest BCUT2D eigenvalue weighted by Gasteiger charge is -2.58. The molecule has 1 amide bonds. The molecule has 0 radical (unpaired) electrons. The molecule has 4 aliphatic carbocycles. The summed E-state index contributed by atoms with van der Waals surface area (Å²) in [7, 11) is 0. The van der Waals surface area contributed by atoms with Gasteiger partial charge in [0.2, 0.25) is 0 Å². The van der Waals surface area contributed by atoms with Crippen molar-refractivity contribution in [2.24, 2.45) is 46.3 Å². The Bertz CT molecular complexity index is 899. The number of alkyl carbamates (subject to hydrolysis) is 1. The van der Waals surface area contributed by atoms with Gasteiger partial charge in [-0.15, -0.1) is 0 Å². The zero-order valence-corrected chi connectivity index (χ0v) is 29.6. The van der Waals surface area contributed by atoms with Crippen LogP contribution in [0.3, 0.4) is 0 Å². The number of ether oxygens (including phenoxy) is 1. The van der Waals surface area contributed by atoms with Gasteiger partial charge in [-0.1, -0.05) is 117 Å². The molecule has 44 heavy (non-hydrogen) atoms. The minimum absolute atomic E-state index is 0.0414. The van der Waals surface area contributed by atoms with E-state index in [0.29, 0.717) is 17.4 Å². The third-order valence-electron chi connectivity index (χ3n) is 13.4. The average Bonchev–Trinajstić information content (AvgIpc) is 3.35. The topological polar surface area (TPSA) is 58.6 Å². The predicted molar refractivity (Wildman–Crippen MR) is 185 cm³/mol. The third kappa shape index (κ3) is 9.07. The molecule has 0 unspecified atom stereocenters. The first-order valence-electron chi connectivity index (χ1n) is 19.4. The first-order valence-corrected chi connectivity index (χ1v) is 19.4. The highest BCUT2D eigenvalue weighted by Crippen LogP contribution is 2.67. The van der Waals surface area contributed by atoms with Crippen LogP contribution in [-0.2, 0) is 4.74 Å². The lowest BCUT2D eigenvalue weighted by atomic mass is 9.47. The first-order chi connectivity index (χ1) is 21.2. The van der Waals surface area contributed by atoms with Crippen molar-refractivity contribution in [1.29, 1.82) is 0 Å². The van der Waals surface area contributed by atoms with Crippen LogP contribution in [-0.4, -0.2) is 30.5 Å². The number of amides is 1.